The van der Waals surface area contributed by atoms with Crippen LogP contribution in [0.5, 0.6) is 0 Å². The minimum atomic E-state index is 0.187. The van der Waals surface area contributed by atoms with Gasteiger partial charge in [0, 0.05) is 12.1 Å². The highest BCUT2D eigenvalue weighted by Crippen LogP contribution is 2.29. The van der Waals surface area contributed by atoms with E-state index >= 15 is 0 Å². The van der Waals surface area contributed by atoms with Crippen molar-refractivity contribution >= 4 is 0 Å². The van der Waals surface area contributed by atoms with Gasteiger partial charge in [0.25, 0.3) is 0 Å². The van der Waals surface area contributed by atoms with Crippen LogP contribution in [-0.4, -0.2) is 24.0 Å². The Morgan fingerprint density at radius 3 is 2.11 bits per heavy atom. The van der Waals surface area contributed by atoms with E-state index in [0.29, 0.717) is 12.1 Å². The van der Waals surface area contributed by atoms with Crippen molar-refractivity contribution in [2.75, 3.05) is 7.05 Å². The van der Waals surface area contributed by atoms with Crippen LogP contribution in [0.1, 0.15) is 57.2 Å². The Morgan fingerprint density at radius 2 is 1.63 bits per heavy atom. The summed E-state index contributed by atoms with van der Waals surface area (Å²) < 4.78 is 0. The van der Waals surface area contributed by atoms with Crippen LogP contribution < -0.4 is 5.73 Å². The van der Waals surface area contributed by atoms with Crippen LogP contribution in [0, 0.1) is 6.92 Å². The Morgan fingerprint density at radius 1 is 1.05 bits per heavy atom. The number of aryl methyl sites for hydroxylation is 1. The molecule has 19 heavy (non-hydrogen) atoms. The number of nitrogens with two attached hydrogens (primary N) is 1. The van der Waals surface area contributed by atoms with Gasteiger partial charge in [-0.3, -0.25) is 4.90 Å². The summed E-state index contributed by atoms with van der Waals surface area (Å²) in [6.07, 6.45) is 3.35. The molecule has 0 saturated heterocycles. The highest BCUT2D eigenvalue weighted by atomic mass is 15.2. The lowest BCUT2D eigenvalue weighted by Gasteiger charge is -2.38. The lowest BCUT2D eigenvalue weighted by Crippen LogP contribution is -2.43. The second kappa shape index (κ2) is 7.66. The standard InChI is InChI=1S/C17H30N2/c1-6-14(7-2)19(5)17(16(18)8-3)15-12-10-9-11-13(15)4/h9-12,14,16-17H,6-8,18H2,1-5H3. The maximum atomic E-state index is 6.42. The molecule has 2 nitrogen and oxygen atoms in total. The quantitative estimate of drug-likeness (QED) is 0.807. The number of hydrogen-bond donors (Lipinski definition) is 1. The van der Waals surface area contributed by atoms with E-state index in [0.717, 1.165) is 6.42 Å². The second-order valence-corrected chi connectivity index (χ2v) is 5.51. The van der Waals surface area contributed by atoms with Gasteiger partial charge in [-0.05, 0) is 44.4 Å². The molecule has 0 amide bonds. The normalized spacial score (nSPS) is 14.9. The highest BCUT2D eigenvalue weighted by molar-refractivity contribution is 5.30. The highest BCUT2D eigenvalue weighted by Gasteiger charge is 2.27. The van der Waals surface area contributed by atoms with Gasteiger partial charge >= 0.3 is 0 Å². The molecule has 2 unspecified atom stereocenters. The molecule has 2 N–H and O–H groups in total. The van der Waals surface area contributed by atoms with E-state index in [1.165, 1.54) is 24.0 Å². The fourth-order valence-corrected chi connectivity index (χ4v) is 2.99. The van der Waals surface area contributed by atoms with Crippen molar-refractivity contribution in [3.8, 4) is 0 Å². The number of hydrogen-bond acceptors (Lipinski definition) is 2. The molecule has 1 rings (SSSR count). The van der Waals surface area contributed by atoms with Crippen molar-refractivity contribution in [2.24, 2.45) is 5.73 Å². The van der Waals surface area contributed by atoms with E-state index in [4.69, 9.17) is 5.73 Å². The summed E-state index contributed by atoms with van der Waals surface area (Å²) in [6, 6.07) is 9.74. The number of rotatable bonds is 7. The molecule has 0 spiro atoms. The zero-order valence-electron chi connectivity index (χ0n) is 13.2. The van der Waals surface area contributed by atoms with Gasteiger partial charge in [-0.15, -0.1) is 0 Å². The van der Waals surface area contributed by atoms with Gasteiger partial charge in [0.2, 0.25) is 0 Å². The molecule has 0 bridgehead atoms. The van der Waals surface area contributed by atoms with Crippen molar-refractivity contribution in [1.29, 1.82) is 0 Å². The van der Waals surface area contributed by atoms with E-state index in [1.807, 2.05) is 0 Å². The first-order valence-corrected chi connectivity index (χ1v) is 7.59. The SMILES string of the molecule is CCC(N)C(c1ccccc1C)N(C)C(CC)CC. The molecule has 0 aromatic heterocycles. The average molecular weight is 262 g/mol. The number of nitrogens with zero attached hydrogens (tertiary/aromatic N) is 1. The molecule has 0 fully saturated rings. The fourth-order valence-electron chi connectivity index (χ4n) is 2.99. The van der Waals surface area contributed by atoms with Crippen molar-refractivity contribution in [3.05, 3.63) is 35.4 Å². The Balaban J connectivity index is 3.12. The van der Waals surface area contributed by atoms with E-state index < -0.39 is 0 Å². The number of benzene rings is 1. The maximum Gasteiger partial charge on any atom is 0.0501 e. The predicted octanol–water partition coefficient (Wildman–Crippen LogP) is 3.89. The molecule has 0 saturated carbocycles. The molecule has 0 aliphatic carbocycles. The number of likely N-dealkylation sites (N-methyl/N-ethyl adjacent to an activating group) is 1. The van der Waals surface area contributed by atoms with Crippen molar-refractivity contribution in [2.45, 2.75) is 65.1 Å². The lowest BCUT2D eigenvalue weighted by atomic mass is 9.91. The van der Waals surface area contributed by atoms with Crippen LogP contribution in [0.25, 0.3) is 0 Å². The topological polar surface area (TPSA) is 29.3 Å². The summed E-state index contributed by atoms with van der Waals surface area (Å²) in [7, 11) is 2.23. The Labute approximate surface area is 119 Å². The van der Waals surface area contributed by atoms with Crippen LogP contribution in [0.4, 0.5) is 0 Å². The van der Waals surface area contributed by atoms with Gasteiger partial charge in [0.05, 0.1) is 6.04 Å². The molecule has 1 aromatic carbocycles. The molecule has 0 aliphatic heterocycles. The summed E-state index contributed by atoms with van der Waals surface area (Å²) in [5.74, 6) is 0. The summed E-state index contributed by atoms with van der Waals surface area (Å²) in [6.45, 7) is 8.89. The van der Waals surface area contributed by atoms with Gasteiger partial charge in [-0.25, -0.2) is 0 Å². The first-order valence-electron chi connectivity index (χ1n) is 7.59. The Kier molecular flexibility index (Phi) is 6.53. The van der Waals surface area contributed by atoms with Crippen molar-refractivity contribution in [3.63, 3.8) is 0 Å². The zero-order chi connectivity index (χ0) is 14.4. The van der Waals surface area contributed by atoms with E-state index in [2.05, 4.69) is 63.9 Å². The summed E-state index contributed by atoms with van der Waals surface area (Å²) in [5.41, 5.74) is 9.15. The predicted molar refractivity (Wildman–Crippen MR) is 84.3 cm³/mol. The van der Waals surface area contributed by atoms with Gasteiger partial charge in [-0.1, -0.05) is 45.0 Å². The van der Waals surface area contributed by atoms with Crippen LogP contribution in [0.2, 0.25) is 0 Å². The Hall–Kier alpha value is -0.860. The van der Waals surface area contributed by atoms with E-state index in [9.17, 15) is 0 Å². The molecular formula is C17H30N2. The molecule has 0 radical (unpaired) electrons. The third-order valence-corrected chi connectivity index (χ3v) is 4.34. The van der Waals surface area contributed by atoms with Crippen molar-refractivity contribution in [1.82, 2.24) is 4.90 Å². The minimum absolute atomic E-state index is 0.187. The molecule has 2 atom stereocenters. The zero-order valence-corrected chi connectivity index (χ0v) is 13.2. The van der Waals surface area contributed by atoms with Crippen LogP contribution >= 0.6 is 0 Å². The average Bonchev–Trinajstić information content (AvgIpc) is 2.42. The third-order valence-electron chi connectivity index (χ3n) is 4.34. The molecule has 0 aliphatic rings. The Bertz CT molecular complexity index is 371. The largest absolute Gasteiger partial charge is 0.326 e. The van der Waals surface area contributed by atoms with Gasteiger partial charge < -0.3 is 5.73 Å². The molecule has 0 heterocycles. The second-order valence-electron chi connectivity index (χ2n) is 5.51. The van der Waals surface area contributed by atoms with Gasteiger partial charge in [-0.2, -0.15) is 0 Å². The lowest BCUT2D eigenvalue weighted by molar-refractivity contribution is 0.140. The van der Waals surface area contributed by atoms with Gasteiger partial charge in [0.15, 0.2) is 0 Å². The molecule has 1 aromatic rings. The van der Waals surface area contributed by atoms with E-state index in [1.54, 1.807) is 0 Å². The third kappa shape index (κ3) is 3.80. The van der Waals surface area contributed by atoms with Gasteiger partial charge in [0.1, 0.15) is 0 Å². The summed E-state index contributed by atoms with van der Waals surface area (Å²) >= 11 is 0. The first-order chi connectivity index (χ1) is 9.06. The molecular weight excluding hydrogens is 232 g/mol. The van der Waals surface area contributed by atoms with E-state index in [-0.39, 0.29) is 6.04 Å². The molecule has 2 heteroatoms. The molecule has 108 valence electrons. The van der Waals surface area contributed by atoms with Crippen LogP contribution in [0.3, 0.4) is 0 Å². The summed E-state index contributed by atoms with van der Waals surface area (Å²) in [4.78, 5) is 2.48. The smallest absolute Gasteiger partial charge is 0.0501 e. The van der Waals surface area contributed by atoms with Crippen LogP contribution in [0.15, 0.2) is 24.3 Å². The van der Waals surface area contributed by atoms with Crippen LogP contribution in [-0.2, 0) is 0 Å². The summed E-state index contributed by atoms with van der Waals surface area (Å²) in [5, 5.41) is 0. The fraction of sp³-hybridized carbons (Fsp3) is 0.647. The first kappa shape index (κ1) is 16.2. The monoisotopic (exact) mass is 262 g/mol. The maximum absolute atomic E-state index is 6.42. The van der Waals surface area contributed by atoms with Crippen molar-refractivity contribution < 1.29 is 0 Å². The minimum Gasteiger partial charge on any atom is -0.326 e.